The molecule has 20 heavy (non-hydrogen) atoms. The number of likely N-dealkylation sites (N-methyl/N-ethyl adjacent to an activating group) is 1. The van der Waals surface area contributed by atoms with Crippen LogP contribution in [-0.2, 0) is 0 Å². The maximum Gasteiger partial charge on any atom is 0.311 e. The van der Waals surface area contributed by atoms with Gasteiger partial charge in [-0.2, -0.15) is 0 Å². The van der Waals surface area contributed by atoms with Gasteiger partial charge in [0.25, 0.3) is 0 Å². The zero-order valence-corrected chi connectivity index (χ0v) is 12.0. The van der Waals surface area contributed by atoms with Crippen molar-refractivity contribution in [3.63, 3.8) is 0 Å². The maximum atomic E-state index is 11.0. The van der Waals surface area contributed by atoms with Gasteiger partial charge < -0.3 is 15.0 Å². The van der Waals surface area contributed by atoms with Crippen molar-refractivity contribution < 1.29 is 9.66 Å². The first-order valence-electron chi connectivity index (χ1n) is 6.96. The summed E-state index contributed by atoms with van der Waals surface area (Å²) in [4.78, 5) is 12.8. The van der Waals surface area contributed by atoms with Crippen LogP contribution in [-0.4, -0.2) is 42.6 Å². The molecule has 1 heterocycles. The summed E-state index contributed by atoms with van der Waals surface area (Å²) in [6.45, 7) is 4.52. The number of ether oxygens (including phenoxy) is 1. The smallest absolute Gasteiger partial charge is 0.311 e. The van der Waals surface area contributed by atoms with E-state index in [1.165, 1.54) is 6.07 Å². The van der Waals surface area contributed by atoms with Crippen molar-refractivity contribution in [1.29, 1.82) is 0 Å². The van der Waals surface area contributed by atoms with Crippen LogP contribution in [0.25, 0.3) is 0 Å². The predicted molar refractivity (Wildman–Crippen MR) is 78.4 cm³/mol. The molecule has 1 fully saturated rings. The van der Waals surface area contributed by atoms with Gasteiger partial charge in [-0.3, -0.25) is 10.1 Å². The maximum absolute atomic E-state index is 11.0. The molecule has 0 spiro atoms. The van der Waals surface area contributed by atoms with Gasteiger partial charge in [-0.15, -0.1) is 0 Å². The van der Waals surface area contributed by atoms with Crippen LogP contribution in [0.4, 0.5) is 11.4 Å². The molecule has 1 aliphatic rings. The summed E-state index contributed by atoms with van der Waals surface area (Å²) < 4.78 is 5.48. The van der Waals surface area contributed by atoms with Crippen LogP contribution in [0.1, 0.15) is 19.8 Å². The summed E-state index contributed by atoms with van der Waals surface area (Å²) in [5.41, 5.74) is 0.898. The normalized spacial score (nSPS) is 19.0. The second-order valence-corrected chi connectivity index (χ2v) is 5.18. The molecule has 1 unspecified atom stereocenters. The van der Waals surface area contributed by atoms with Gasteiger partial charge in [0.05, 0.1) is 11.5 Å². The van der Waals surface area contributed by atoms with Crippen molar-refractivity contribution >= 4 is 11.4 Å². The van der Waals surface area contributed by atoms with Crippen LogP contribution < -0.4 is 10.1 Å². The van der Waals surface area contributed by atoms with E-state index in [9.17, 15) is 10.1 Å². The number of benzene rings is 1. The van der Waals surface area contributed by atoms with Crippen molar-refractivity contribution in [1.82, 2.24) is 4.90 Å². The molecule has 0 saturated carbocycles. The highest BCUT2D eigenvalue weighted by atomic mass is 16.6. The van der Waals surface area contributed by atoms with Crippen LogP contribution in [0.5, 0.6) is 5.75 Å². The predicted octanol–water partition coefficient (Wildman–Crippen LogP) is 2.50. The number of likely N-dealkylation sites (tertiary alicyclic amines) is 1. The van der Waals surface area contributed by atoms with Gasteiger partial charge in [0.2, 0.25) is 0 Å². The van der Waals surface area contributed by atoms with Crippen LogP contribution in [0.3, 0.4) is 0 Å². The van der Waals surface area contributed by atoms with E-state index in [4.69, 9.17) is 4.74 Å². The SMILES string of the molecule is CCCOc1cc(NC2CCN(C)C2)ccc1[N+](=O)[O-]. The Hall–Kier alpha value is -1.82. The number of anilines is 1. The van der Waals surface area contributed by atoms with Crippen LogP contribution in [0.2, 0.25) is 0 Å². The van der Waals surface area contributed by atoms with E-state index in [0.717, 1.165) is 31.6 Å². The number of hydrogen-bond acceptors (Lipinski definition) is 5. The molecule has 1 aromatic carbocycles. The zero-order valence-electron chi connectivity index (χ0n) is 12.0. The third-order valence-electron chi connectivity index (χ3n) is 3.38. The third kappa shape index (κ3) is 3.60. The summed E-state index contributed by atoms with van der Waals surface area (Å²) in [7, 11) is 2.09. The van der Waals surface area contributed by atoms with Gasteiger partial charge in [-0.25, -0.2) is 0 Å². The largest absolute Gasteiger partial charge is 0.487 e. The Bertz CT molecular complexity index is 479. The first kappa shape index (κ1) is 14.6. The molecule has 6 heteroatoms. The lowest BCUT2D eigenvalue weighted by atomic mass is 10.2. The van der Waals surface area contributed by atoms with E-state index in [-0.39, 0.29) is 5.69 Å². The highest BCUT2D eigenvalue weighted by Crippen LogP contribution is 2.31. The Morgan fingerprint density at radius 3 is 2.95 bits per heavy atom. The minimum absolute atomic E-state index is 0.0209. The van der Waals surface area contributed by atoms with Crippen molar-refractivity contribution in [3.05, 3.63) is 28.3 Å². The van der Waals surface area contributed by atoms with E-state index in [0.29, 0.717) is 18.4 Å². The Morgan fingerprint density at radius 2 is 2.35 bits per heavy atom. The fraction of sp³-hybridized carbons (Fsp3) is 0.571. The van der Waals surface area contributed by atoms with Gasteiger partial charge in [0.1, 0.15) is 0 Å². The molecule has 0 radical (unpaired) electrons. The van der Waals surface area contributed by atoms with Crippen molar-refractivity contribution in [2.75, 3.05) is 32.1 Å². The van der Waals surface area contributed by atoms with Crippen molar-refractivity contribution in [2.24, 2.45) is 0 Å². The number of hydrogen-bond donors (Lipinski definition) is 1. The Balaban J connectivity index is 2.11. The summed E-state index contributed by atoms with van der Waals surface area (Å²) >= 11 is 0. The van der Waals surface area contributed by atoms with Crippen LogP contribution in [0.15, 0.2) is 18.2 Å². The molecule has 1 aromatic rings. The Labute approximate surface area is 118 Å². The lowest BCUT2D eigenvalue weighted by Crippen LogP contribution is -2.23. The first-order valence-corrected chi connectivity index (χ1v) is 6.96. The van der Waals surface area contributed by atoms with E-state index in [1.54, 1.807) is 12.1 Å². The average Bonchev–Trinajstić information content (AvgIpc) is 2.81. The van der Waals surface area contributed by atoms with Gasteiger partial charge >= 0.3 is 5.69 Å². The molecule has 1 aliphatic heterocycles. The third-order valence-corrected chi connectivity index (χ3v) is 3.38. The highest BCUT2D eigenvalue weighted by molar-refractivity contribution is 5.58. The zero-order chi connectivity index (χ0) is 14.5. The summed E-state index contributed by atoms with van der Waals surface area (Å²) in [6.07, 6.45) is 1.90. The molecule has 1 saturated heterocycles. The van der Waals surface area contributed by atoms with Crippen LogP contribution in [0, 0.1) is 10.1 Å². The number of nitro groups is 1. The molecule has 0 aliphatic carbocycles. The van der Waals surface area contributed by atoms with Gasteiger partial charge in [0, 0.05) is 30.4 Å². The molecule has 0 amide bonds. The minimum atomic E-state index is -0.405. The molecule has 110 valence electrons. The molecule has 1 N–H and O–H groups in total. The molecule has 6 nitrogen and oxygen atoms in total. The van der Waals surface area contributed by atoms with Crippen molar-refractivity contribution in [2.45, 2.75) is 25.8 Å². The number of rotatable bonds is 6. The number of nitro benzene ring substituents is 1. The lowest BCUT2D eigenvalue weighted by Gasteiger charge is -2.15. The van der Waals surface area contributed by atoms with Gasteiger partial charge in [-0.1, -0.05) is 6.92 Å². The summed E-state index contributed by atoms with van der Waals surface area (Å²) in [5.74, 6) is 0.341. The monoisotopic (exact) mass is 279 g/mol. The lowest BCUT2D eigenvalue weighted by molar-refractivity contribution is -0.385. The Kier molecular flexibility index (Phi) is 4.79. The van der Waals surface area contributed by atoms with E-state index < -0.39 is 4.92 Å². The molecule has 0 bridgehead atoms. The Morgan fingerprint density at radius 1 is 1.55 bits per heavy atom. The summed E-state index contributed by atoms with van der Waals surface area (Å²) in [5, 5.41) is 14.4. The number of nitrogens with zero attached hydrogens (tertiary/aromatic N) is 2. The fourth-order valence-corrected chi connectivity index (χ4v) is 2.37. The second-order valence-electron chi connectivity index (χ2n) is 5.18. The van der Waals surface area contributed by atoms with Gasteiger partial charge in [0.15, 0.2) is 5.75 Å². The van der Waals surface area contributed by atoms with Crippen LogP contribution >= 0.6 is 0 Å². The summed E-state index contributed by atoms with van der Waals surface area (Å²) in [6, 6.07) is 5.37. The molecule has 0 aromatic heterocycles. The topological polar surface area (TPSA) is 67.6 Å². The molecule has 1 atom stereocenters. The van der Waals surface area contributed by atoms with E-state index >= 15 is 0 Å². The molecule has 2 rings (SSSR count). The fourth-order valence-electron chi connectivity index (χ4n) is 2.37. The second kappa shape index (κ2) is 6.56. The van der Waals surface area contributed by atoms with Crippen molar-refractivity contribution in [3.8, 4) is 5.75 Å². The first-order chi connectivity index (χ1) is 9.60. The standard InChI is InChI=1S/C14H21N3O3/c1-3-8-20-14-9-11(4-5-13(14)17(18)19)15-12-6-7-16(2)10-12/h4-5,9,12,15H,3,6-8,10H2,1-2H3. The van der Waals surface area contributed by atoms with Gasteiger partial charge in [-0.05, 0) is 32.5 Å². The molecular formula is C14H21N3O3. The van der Waals surface area contributed by atoms with E-state index in [2.05, 4.69) is 17.3 Å². The molecular weight excluding hydrogens is 258 g/mol. The number of nitrogens with one attached hydrogen (secondary N) is 1. The van der Waals surface area contributed by atoms with E-state index in [1.807, 2.05) is 6.92 Å². The minimum Gasteiger partial charge on any atom is -0.487 e. The quantitative estimate of drug-likeness (QED) is 0.640. The highest BCUT2D eigenvalue weighted by Gasteiger charge is 2.21. The average molecular weight is 279 g/mol.